The van der Waals surface area contributed by atoms with Crippen molar-refractivity contribution in [3.05, 3.63) is 71.7 Å². The summed E-state index contributed by atoms with van der Waals surface area (Å²) in [5, 5.41) is 3.36. The van der Waals surface area contributed by atoms with Crippen LogP contribution in [-0.4, -0.2) is 59.3 Å². The van der Waals surface area contributed by atoms with Crippen LogP contribution in [0.25, 0.3) is 11.3 Å². The fraction of sp³-hybridized carbons (Fsp3) is 0.393. The number of benzene rings is 1. The van der Waals surface area contributed by atoms with Gasteiger partial charge in [0.2, 0.25) is 5.95 Å². The molecule has 1 saturated heterocycles. The lowest BCUT2D eigenvalue weighted by Crippen LogP contribution is -2.25. The Kier molecular flexibility index (Phi) is 8.17. The van der Waals surface area contributed by atoms with E-state index >= 15 is 0 Å². The van der Waals surface area contributed by atoms with E-state index in [2.05, 4.69) is 26.3 Å². The Balaban J connectivity index is 1.39. The van der Waals surface area contributed by atoms with Crippen LogP contribution in [0.4, 0.5) is 11.6 Å². The largest absolute Gasteiger partial charge is 0.492 e. The Morgan fingerprint density at radius 2 is 1.83 bits per heavy atom. The second kappa shape index (κ2) is 12.1. The quantitative estimate of drug-likeness (QED) is 0.532. The van der Waals surface area contributed by atoms with Crippen LogP contribution in [0.1, 0.15) is 29.7 Å². The average molecular weight is 488 g/mol. The first-order valence-electron chi connectivity index (χ1n) is 12.6. The first kappa shape index (κ1) is 24.4. The van der Waals surface area contributed by atoms with Crippen molar-refractivity contribution in [1.82, 2.24) is 19.9 Å². The van der Waals surface area contributed by atoms with E-state index < -0.39 is 0 Å². The summed E-state index contributed by atoms with van der Waals surface area (Å²) in [7, 11) is 0. The molecule has 0 amide bonds. The van der Waals surface area contributed by atoms with Crippen molar-refractivity contribution in [3.8, 4) is 17.0 Å². The topological polar surface area (TPSA) is 81.6 Å². The second-order valence-corrected chi connectivity index (χ2v) is 9.11. The summed E-state index contributed by atoms with van der Waals surface area (Å²) in [5.74, 6) is 1.38. The highest BCUT2D eigenvalue weighted by molar-refractivity contribution is 5.65. The highest BCUT2D eigenvalue weighted by Gasteiger charge is 2.13. The first-order chi connectivity index (χ1) is 17.7. The van der Waals surface area contributed by atoms with Crippen molar-refractivity contribution in [2.75, 3.05) is 44.8 Å². The minimum atomic E-state index is 0.428. The van der Waals surface area contributed by atoms with Gasteiger partial charge >= 0.3 is 0 Å². The third-order valence-electron chi connectivity index (χ3n) is 6.34. The molecule has 1 aromatic carbocycles. The number of nitrogens with one attached hydrogen (secondary N) is 1. The number of nitrogens with zero attached hydrogens (tertiary/aromatic N) is 4. The van der Waals surface area contributed by atoms with Crippen molar-refractivity contribution < 1.29 is 14.2 Å². The molecule has 188 valence electrons. The van der Waals surface area contributed by atoms with Gasteiger partial charge in [-0.2, -0.15) is 0 Å². The van der Waals surface area contributed by atoms with Crippen molar-refractivity contribution in [3.63, 3.8) is 0 Å². The highest BCUT2D eigenvalue weighted by atomic mass is 16.5. The molecule has 0 aliphatic carbocycles. The van der Waals surface area contributed by atoms with Gasteiger partial charge in [0.25, 0.3) is 0 Å². The Morgan fingerprint density at radius 3 is 2.69 bits per heavy atom. The number of fused-ring (bicyclic) bond motifs is 7. The van der Waals surface area contributed by atoms with Crippen LogP contribution in [0.3, 0.4) is 0 Å². The predicted octanol–water partition coefficient (Wildman–Crippen LogP) is 4.67. The van der Waals surface area contributed by atoms with Gasteiger partial charge in [0.1, 0.15) is 12.4 Å². The Labute approximate surface area is 212 Å². The molecule has 36 heavy (non-hydrogen) atoms. The van der Waals surface area contributed by atoms with Crippen LogP contribution in [0.2, 0.25) is 0 Å². The van der Waals surface area contributed by atoms with E-state index in [1.165, 1.54) is 12.8 Å². The van der Waals surface area contributed by atoms with Crippen molar-refractivity contribution in [2.45, 2.75) is 33.0 Å². The lowest BCUT2D eigenvalue weighted by molar-refractivity contribution is 0.137. The molecule has 0 atom stereocenters. The van der Waals surface area contributed by atoms with Crippen LogP contribution in [-0.2, 0) is 22.7 Å². The molecule has 0 saturated carbocycles. The molecule has 8 nitrogen and oxygen atoms in total. The maximum Gasteiger partial charge on any atom is 0.227 e. The van der Waals surface area contributed by atoms with Crippen LogP contribution in [0.15, 0.2) is 54.9 Å². The number of hydrogen-bond acceptors (Lipinski definition) is 8. The molecule has 1 fully saturated rings. The number of ether oxygens (including phenoxy) is 3. The molecule has 6 bridgehead atoms. The van der Waals surface area contributed by atoms with Crippen molar-refractivity contribution in [2.24, 2.45) is 0 Å². The van der Waals surface area contributed by atoms with E-state index in [4.69, 9.17) is 19.2 Å². The van der Waals surface area contributed by atoms with Crippen LogP contribution < -0.4 is 10.1 Å². The van der Waals surface area contributed by atoms with Crippen LogP contribution in [0.5, 0.6) is 5.75 Å². The lowest BCUT2D eigenvalue weighted by Gasteiger charge is -2.17. The molecule has 4 heterocycles. The van der Waals surface area contributed by atoms with Crippen molar-refractivity contribution >= 4 is 11.6 Å². The van der Waals surface area contributed by atoms with Gasteiger partial charge in [0, 0.05) is 35.8 Å². The van der Waals surface area contributed by atoms with E-state index in [0.717, 1.165) is 59.1 Å². The summed E-state index contributed by atoms with van der Waals surface area (Å²) in [6, 6.07) is 10.0. The van der Waals surface area contributed by atoms with Gasteiger partial charge < -0.3 is 19.5 Å². The zero-order valence-corrected chi connectivity index (χ0v) is 20.8. The number of anilines is 2. The smallest absolute Gasteiger partial charge is 0.227 e. The molecule has 0 unspecified atom stereocenters. The fourth-order valence-electron chi connectivity index (χ4n) is 4.43. The minimum absolute atomic E-state index is 0.428. The third kappa shape index (κ3) is 6.46. The van der Waals surface area contributed by atoms with Crippen LogP contribution in [0, 0.1) is 6.92 Å². The maximum absolute atomic E-state index is 6.17. The Hall–Kier alpha value is -3.33. The standard InChI is InChI=1S/C28H33N5O3/c1-21-18-30-28-31-24-6-7-26(36-15-12-33-10-2-3-11-33)23(17-24)19-34-13-4-5-14-35-20-25-16-22(8-9-29-25)27(21)32-28/h4-9,16-18H,2-3,10-15,19-20H2,1H3,(H,30,31,32)/b5-4+. The normalized spacial score (nSPS) is 17.6. The zero-order chi connectivity index (χ0) is 24.6. The number of aromatic nitrogens is 3. The van der Waals surface area contributed by atoms with Gasteiger partial charge in [-0.1, -0.05) is 12.2 Å². The molecule has 2 aliphatic rings. The summed E-state index contributed by atoms with van der Waals surface area (Å²) in [6.07, 6.45) is 10.1. The molecule has 1 N–H and O–H groups in total. The minimum Gasteiger partial charge on any atom is -0.492 e. The SMILES string of the molecule is Cc1cnc2nc1-c1ccnc(c1)COC/C=C/COCc1cc(ccc1OCCN1CCCC1)N2. The van der Waals surface area contributed by atoms with E-state index in [1.54, 1.807) is 6.20 Å². The maximum atomic E-state index is 6.17. The highest BCUT2D eigenvalue weighted by Crippen LogP contribution is 2.27. The summed E-state index contributed by atoms with van der Waals surface area (Å²) >= 11 is 0. The summed E-state index contributed by atoms with van der Waals surface area (Å²) in [6.45, 7) is 7.80. The summed E-state index contributed by atoms with van der Waals surface area (Å²) in [5.41, 5.74) is 5.57. The number of aryl methyl sites for hydroxylation is 1. The van der Waals surface area contributed by atoms with Gasteiger partial charge in [0.15, 0.2) is 0 Å². The zero-order valence-electron chi connectivity index (χ0n) is 20.8. The molecule has 8 heteroatoms. The van der Waals surface area contributed by atoms with Gasteiger partial charge in [-0.25, -0.2) is 9.97 Å². The predicted molar refractivity (Wildman–Crippen MR) is 139 cm³/mol. The lowest BCUT2D eigenvalue weighted by atomic mass is 10.1. The first-order valence-corrected chi connectivity index (χ1v) is 12.6. The molecule has 3 aromatic rings. The number of likely N-dealkylation sites (tertiary alicyclic amines) is 1. The van der Waals surface area contributed by atoms with E-state index in [9.17, 15) is 0 Å². The molecule has 5 rings (SSSR count). The van der Waals surface area contributed by atoms with Gasteiger partial charge in [-0.3, -0.25) is 9.88 Å². The molecular weight excluding hydrogens is 454 g/mol. The van der Waals surface area contributed by atoms with Crippen LogP contribution >= 0.6 is 0 Å². The van der Waals surface area contributed by atoms with Gasteiger partial charge in [-0.05, 0) is 68.8 Å². The molecule has 2 aliphatic heterocycles. The molecule has 2 aromatic heterocycles. The summed E-state index contributed by atoms with van der Waals surface area (Å²) in [4.78, 5) is 16.2. The monoisotopic (exact) mass is 487 g/mol. The van der Waals surface area contributed by atoms with E-state index in [0.29, 0.717) is 39.0 Å². The Bertz CT molecular complexity index is 1190. The average Bonchev–Trinajstić information content (AvgIpc) is 3.41. The van der Waals surface area contributed by atoms with Crippen molar-refractivity contribution in [1.29, 1.82) is 0 Å². The number of hydrogen-bond donors (Lipinski definition) is 1. The van der Waals surface area contributed by atoms with Gasteiger partial charge in [-0.15, -0.1) is 0 Å². The molecule has 0 radical (unpaired) electrons. The van der Waals surface area contributed by atoms with E-state index in [1.807, 2.05) is 49.5 Å². The fourth-order valence-corrected chi connectivity index (χ4v) is 4.43. The molecular formula is C28H33N5O3. The number of pyridine rings is 1. The van der Waals surface area contributed by atoms with E-state index in [-0.39, 0.29) is 0 Å². The van der Waals surface area contributed by atoms with Gasteiger partial charge in [0.05, 0.1) is 37.8 Å². The number of rotatable bonds is 4. The third-order valence-corrected chi connectivity index (χ3v) is 6.34. The summed E-state index contributed by atoms with van der Waals surface area (Å²) < 4.78 is 17.9. The molecule has 0 spiro atoms. The Morgan fingerprint density at radius 1 is 1.00 bits per heavy atom. The second-order valence-electron chi connectivity index (χ2n) is 9.11.